The van der Waals surface area contributed by atoms with Gasteiger partial charge in [-0.3, -0.25) is 0 Å². The van der Waals surface area contributed by atoms with Crippen LogP contribution in [0.25, 0.3) is 0 Å². The van der Waals surface area contributed by atoms with Crippen LogP contribution in [0.3, 0.4) is 0 Å². The molecule has 1 rings (SSSR count). The van der Waals surface area contributed by atoms with Gasteiger partial charge in [-0.2, -0.15) is 0 Å². The van der Waals surface area contributed by atoms with Gasteiger partial charge in [0.05, 0.1) is 0 Å². The summed E-state index contributed by atoms with van der Waals surface area (Å²) in [6.45, 7) is 6.50. The molecule has 0 aliphatic heterocycles. The average molecular weight is 205 g/mol. The van der Waals surface area contributed by atoms with Crippen molar-refractivity contribution in [3.63, 3.8) is 0 Å². The van der Waals surface area contributed by atoms with Gasteiger partial charge in [0.15, 0.2) is 0 Å². The summed E-state index contributed by atoms with van der Waals surface area (Å²) >= 11 is 0. The third-order valence-electron chi connectivity index (χ3n) is 2.95. The average Bonchev–Trinajstić information content (AvgIpc) is 2.22. The van der Waals surface area contributed by atoms with E-state index in [4.69, 9.17) is 5.73 Å². The maximum absolute atomic E-state index is 6.21. The van der Waals surface area contributed by atoms with Crippen LogP contribution < -0.4 is 5.73 Å². The molecule has 0 amide bonds. The Hall–Kier alpha value is -0.820. The fourth-order valence-electron chi connectivity index (χ4n) is 1.93. The van der Waals surface area contributed by atoms with Gasteiger partial charge in [-0.05, 0) is 31.4 Å². The van der Waals surface area contributed by atoms with Crippen LogP contribution in [0.5, 0.6) is 0 Å². The van der Waals surface area contributed by atoms with E-state index in [1.165, 1.54) is 36.0 Å². The third kappa shape index (κ3) is 3.67. The Balaban J connectivity index is 2.64. The van der Waals surface area contributed by atoms with Gasteiger partial charge in [0, 0.05) is 6.04 Å². The summed E-state index contributed by atoms with van der Waals surface area (Å²) in [7, 11) is 0. The first-order valence-corrected chi connectivity index (χ1v) is 5.98. The van der Waals surface area contributed by atoms with Gasteiger partial charge in [-0.1, -0.05) is 49.9 Å². The number of benzene rings is 1. The largest absolute Gasteiger partial charge is 0.324 e. The highest BCUT2D eigenvalue weighted by Crippen LogP contribution is 2.21. The number of hydrogen-bond donors (Lipinski definition) is 1. The smallest absolute Gasteiger partial charge is 0.0297 e. The van der Waals surface area contributed by atoms with Crippen molar-refractivity contribution in [3.8, 4) is 0 Å². The van der Waals surface area contributed by atoms with E-state index in [1.54, 1.807) is 0 Å². The summed E-state index contributed by atoms with van der Waals surface area (Å²) in [4.78, 5) is 0. The molecule has 1 heteroatoms. The van der Waals surface area contributed by atoms with Crippen molar-refractivity contribution in [2.75, 3.05) is 0 Å². The molecule has 0 radical (unpaired) electrons. The molecule has 15 heavy (non-hydrogen) atoms. The zero-order valence-corrected chi connectivity index (χ0v) is 10.2. The summed E-state index contributed by atoms with van der Waals surface area (Å²) in [6.07, 6.45) is 4.90. The molecular formula is C14H23N. The van der Waals surface area contributed by atoms with Gasteiger partial charge in [0.2, 0.25) is 0 Å². The molecule has 1 nitrogen and oxygen atoms in total. The fourth-order valence-corrected chi connectivity index (χ4v) is 1.93. The first kappa shape index (κ1) is 12.3. The molecule has 0 aliphatic carbocycles. The highest BCUT2D eigenvalue weighted by Gasteiger charge is 2.08. The van der Waals surface area contributed by atoms with Crippen LogP contribution in [-0.4, -0.2) is 0 Å². The lowest BCUT2D eigenvalue weighted by atomic mass is 9.96. The van der Waals surface area contributed by atoms with Crippen molar-refractivity contribution in [2.24, 2.45) is 5.73 Å². The van der Waals surface area contributed by atoms with Crippen molar-refractivity contribution < 1.29 is 0 Å². The molecule has 0 saturated heterocycles. The van der Waals surface area contributed by atoms with Crippen molar-refractivity contribution in [1.82, 2.24) is 0 Å². The second-order valence-electron chi connectivity index (χ2n) is 4.46. The van der Waals surface area contributed by atoms with Crippen LogP contribution in [0.2, 0.25) is 0 Å². The minimum Gasteiger partial charge on any atom is -0.324 e. The maximum atomic E-state index is 6.21. The van der Waals surface area contributed by atoms with Crippen molar-refractivity contribution in [3.05, 3.63) is 34.9 Å². The van der Waals surface area contributed by atoms with Crippen molar-refractivity contribution in [1.29, 1.82) is 0 Å². The second kappa shape index (κ2) is 5.92. The summed E-state index contributed by atoms with van der Waals surface area (Å²) in [5.41, 5.74) is 10.2. The zero-order valence-electron chi connectivity index (χ0n) is 10.2. The first-order chi connectivity index (χ1) is 7.15. The monoisotopic (exact) mass is 205 g/mol. The highest BCUT2D eigenvalue weighted by molar-refractivity contribution is 5.32. The van der Waals surface area contributed by atoms with Crippen LogP contribution in [0.1, 0.15) is 55.3 Å². The molecule has 0 spiro atoms. The fraction of sp³-hybridized carbons (Fsp3) is 0.571. The van der Waals surface area contributed by atoms with Crippen LogP contribution in [0.4, 0.5) is 0 Å². The first-order valence-electron chi connectivity index (χ1n) is 5.98. The minimum atomic E-state index is 0.219. The molecule has 0 heterocycles. The quantitative estimate of drug-likeness (QED) is 0.725. The molecule has 84 valence electrons. The summed E-state index contributed by atoms with van der Waals surface area (Å²) in [5.74, 6) is 0. The van der Waals surface area contributed by atoms with E-state index in [2.05, 4.69) is 39.0 Å². The molecule has 0 unspecified atom stereocenters. The van der Waals surface area contributed by atoms with Crippen LogP contribution in [-0.2, 0) is 0 Å². The van der Waals surface area contributed by atoms with E-state index < -0.39 is 0 Å². The van der Waals surface area contributed by atoms with Gasteiger partial charge < -0.3 is 5.73 Å². The highest BCUT2D eigenvalue weighted by atomic mass is 14.6. The predicted molar refractivity (Wildman–Crippen MR) is 67.0 cm³/mol. The Morgan fingerprint density at radius 3 is 2.60 bits per heavy atom. The molecular weight excluding hydrogens is 182 g/mol. The minimum absolute atomic E-state index is 0.219. The van der Waals surface area contributed by atoms with Gasteiger partial charge in [0.25, 0.3) is 0 Å². The van der Waals surface area contributed by atoms with Crippen molar-refractivity contribution >= 4 is 0 Å². The Morgan fingerprint density at radius 2 is 1.93 bits per heavy atom. The Morgan fingerprint density at radius 1 is 1.20 bits per heavy atom. The van der Waals surface area contributed by atoms with E-state index in [9.17, 15) is 0 Å². The van der Waals surface area contributed by atoms with E-state index in [0.29, 0.717) is 0 Å². The van der Waals surface area contributed by atoms with Crippen LogP contribution in [0.15, 0.2) is 18.2 Å². The molecule has 0 fully saturated rings. The number of rotatable bonds is 5. The van der Waals surface area contributed by atoms with Crippen molar-refractivity contribution in [2.45, 2.75) is 52.5 Å². The van der Waals surface area contributed by atoms with E-state index in [1.807, 2.05) is 0 Å². The normalized spacial score (nSPS) is 12.8. The molecule has 1 atom stereocenters. The second-order valence-corrected chi connectivity index (χ2v) is 4.46. The molecule has 1 aromatic rings. The SMILES string of the molecule is CCCCC[C@@H](N)c1cc(C)ccc1C. The Bertz CT molecular complexity index is 304. The Labute approximate surface area is 93.7 Å². The zero-order chi connectivity index (χ0) is 11.3. The van der Waals surface area contributed by atoms with E-state index >= 15 is 0 Å². The van der Waals surface area contributed by atoms with Gasteiger partial charge in [-0.15, -0.1) is 0 Å². The predicted octanol–water partition coefficient (Wildman–Crippen LogP) is 3.88. The van der Waals surface area contributed by atoms with E-state index in [-0.39, 0.29) is 6.04 Å². The standard InChI is InChI=1S/C14H23N/c1-4-5-6-7-14(15)13-10-11(2)8-9-12(13)3/h8-10,14H,4-7,15H2,1-3H3/t14-/m1/s1. The summed E-state index contributed by atoms with van der Waals surface area (Å²) in [6, 6.07) is 6.77. The van der Waals surface area contributed by atoms with Crippen LogP contribution in [0, 0.1) is 13.8 Å². The van der Waals surface area contributed by atoms with Crippen LogP contribution >= 0.6 is 0 Å². The molecule has 0 bridgehead atoms. The van der Waals surface area contributed by atoms with Gasteiger partial charge >= 0.3 is 0 Å². The summed E-state index contributed by atoms with van der Waals surface area (Å²) < 4.78 is 0. The lowest BCUT2D eigenvalue weighted by Crippen LogP contribution is -2.11. The Kier molecular flexibility index (Phi) is 4.83. The summed E-state index contributed by atoms with van der Waals surface area (Å²) in [5, 5.41) is 0. The van der Waals surface area contributed by atoms with Gasteiger partial charge in [-0.25, -0.2) is 0 Å². The number of hydrogen-bond acceptors (Lipinski definition) is 1. The number of nitrogens with two attached hydrogens (primary N) is 1. The number of aryl methyl sites for hydroxylation is 2. The van der Waals surface area contributed by atoms with Gasteiger partial charge in [0.1, 0.15) is 0 Å². The number of unbranched alkanes of at least 4 members (excludes halogenated alkanes) is 2. The molecule has 0 saturated carbocycles. The molecule has 0 aliphatic rings. The molecule has 0 aromatic heterocycles. The maximum Gasteiger partial charge on any atom is 0.0297 e. The lowest BCUT2D eigenvalue weighted by Gasteiger charge is -2.15. The lowest BCUT2D eigenvalue weighted by molar-refractivity contribution is 0.579. The molecule has 2 N–H and O–H groups in total. The third-order valence-corrected chi connectivity index (χ3v) is 2.95. The van der Waals surface area contributed by atoms with E-state index in [0.717, 1.165) is 6.42 Å². The topological polar surface area (TPSA) is 26.0 Å². The molecule has 1 aromatic carbocycles.